The van der Waals surface area contributed by atoms with Gasteiger partial charge < -0.3 is 10.2 Å². The van der Waals surface area contributed by atoms with E-state index in [1.54, 1.807) is 12.1 Å². The lowest BCUT2D eigenvalue weighted by Crippen LogP contribution is -2.50. The van der Waals surface area contributed by atoms with Crippen LogP contribution in [0.3, 0.4) is 0 Å². The third kappa shape index (κ3) is 5.51. The van der Waals surface area contributed by atoms with Crippen LogP contribution >= 0.6 is 0 Å². The highest BCUT2D eigenvalue weighted by Crippen LogP contribution is 2.22. The highest BCUT2D eigenvalue weighted by Gasteiger charge is 2.31. The van der Waals surface area contributed by atoms with Crippen LogP contribution in [0, 0.1) is 11.7 Å². The number of hydrogen-bond acceptors (Lipinski definition) is 3. The van der Waals surface area contributed by atoms with E-state index >= 15 is 0 Å². The molecule has 1 heterocycles. The first-order chi connectivity index (χ1) is 12.9. The number of carbonyl (C=O) groups excluding carboxylic acids is 2. The van der Waals surface area contributed by atoms with Crippen molar-refractivity contribution in [3.05, 3.63) is 35.6 Å². The molecule has 2 rings (SSSR count). The fourth-order valence-corrected chi connectivity index (χ4v) is 3.66. The number of rotatable bonds is 7. The first kappa shape index (κ1) is 21.4. The van der Waals surface area contributed by atoms with E-state index in [0.29, 0.717) is 0 Å². The molecule has 0 aliphatic carbocycles. The van der Waals surface area contributed by atoms with E-state index in [9.17, 15) is 14.0 Å². The molecule has 1 aliphatic heterocycles. The first-order valence-electron chi connectivity index (χ1n) is 9.96. The normalized spacial score (nSPS) is 18.0. The van der Waals surface area contributed by atoms with Gasteiger partial charge in [-0.25, -0.2) is 4.39 Å². The van der Waals surface area contributed by atoms with Gasteiger partial charge in [0.2, 0.25) is 11.8 Å². The number of nitrogens with one attached hydrogen (secondary N) is 1. The van der Waals surface area contributed by atoms with Crippen LogP contribution in [0.25, 0.3) is 0 Å². The molecule has 0 spiro atoms. The van der Waals surface area contributed by atoms with Crippen molar-refractivity contribution in [3.63, 3.8) is 0 Å². The van der Waals surface area contributed by atoms with E-state index in [2.05, 4.69) is 10.2 Å². The lowest BCUT2D eigenvalue weighted by Gasteiger charge is -2.36. The molecule has 1 aromatic rings. The molecule has 0 radical (unpaired) electrons. The zero-order valence-electron chi connectivity index (χ0n) is 16.9. The molecule has 2 atom stereocenters. The molecule has 2 amide bonds. The van der Waals surface area contributed by atoms with Crippen molar-refractivity contribution in [2.24, 2.45) is 5.92 Å². The minimum absolute atomic E-state index is 0.0413. The van der Waals surface area contributed by atoms with Crippen molar-refractivity contribution in [1.82, 2.24) is 15.1 Å². The van der Waals surface area contributed by atoms with Gasteiger partial charge in [0, 0.05) is 19.0 Å². The third-order valence-electron chi connectivity index (χ3n) is 5.61. The maximum Gasteiger partial charge on any atom is 0.237 e. The van der Waals surface area contributed by atoms with Crippen LogP contribution in [0.1, 0.15) is 52.1 Å². The summed E-state index contributed by atoms with van der Waals surface area (Å²) in [6.45, 7) is 10.8. The van der Waals surface area contributed by atoms with Gasteiger partial charge in [0.15, 0.2) is 0 Å². The van der Waals surface area contributed by atoms with Gasteiger partial charge >= 0.3 is 0 Å². The van der Waals surface area contributed by atoms with E-state index in [-0.39, 0.29) is 35.6 Å². The molecule has 6 heteroatoms. The van der Waals surface area contributed by atoms with Gasteiger partial charge in [0.05, 0.1) is 12.1 Å². The van der Waals surface area contributed by atoms with Gasteiger partial charge in [-0.2, -0.15) is 0 Å². The molecular formula is C21H32FN3O2. The molecule has 150 valence electrons. The van der Waals surface area contributed by atoms with Gasteiger partial charge in [-0.3, -0.25) is 14.5 Å². The number of nitrogens with zero attached hydrogens (tertiary/aromatic N) is 2. The summed E-state index contributed by atoms with van der Waals surface area (Å²) in [6, 6.07) is 5.75. The largest absolute Gasteiger partial charge is 0.348 e. The average Bonchev–Trinajstić information content (AvgIpc) is 2.68. The zero-order chi connectivity index (χ0) is 20.0. The standard InChI is InChI=1S/C21H32FN3O2/c1-5-24(6-2)21(27)18-11-13-25(14-12-18)16(4)20(26)23-15(3)17-7-9-19(22)10-8-17/h7-10,15-16,18H,5-6,11-14H2,1-4H3,(H,23,26). The van der Waals surface area contributed by atoms with Gasteiger partial charge in [-0.05, 0) is 71.3 Å². The summed E-state index contributed by atoms with van der Waals surface area (Å²) in [5.41, 5.74) is 0.875. The summed E-state index contributed by atoms with van der Waals surface area (Å²) in [6.07, 6.45) is 1.58. The third-order valence-corrected chi connectivity index (χ3v) is 5.61. The van der Waals surface area contributed by atoms with Crippen molar-refractivity contribution in [3.8, 4) is 0 Å². The molecule has 1 fully saturated rings. The van der Waals surface area contributed by atoms with Crippen LogP contribution in [-0.4, -0.2) is 53.8 Å². The Morgan fingerprint density at radius 2 is 1.70 bits per heavy atom. The van der Waals surface area contributed by atoms with Crippen LogP contribution in [0.2, 0.25) is 0 Å². The monoisotopic (exact) mass is 377 g/mol. The number of carbonyl (C=O) groups is 2. The summed E-state index contributed by atoms with van der Waals surface area (Å²) in [4.78, 5) is 29.1. The second-order valence-corrected chi connectivity index (χ2v) is 7.28. The molecule has 1 aromatic carbocycles. The number of benzene rings is 1. The van der Waals surface area contributed by atoms with Gasteiger partial charge in [-0.15, -0.1) is 0 Å². The molecule has 0 aromatic heterocycles. The summed E-state index contributed by atoms with van der Waals surface area (Å²) in [5, 5.41) is 3.00. The molecule has 1 N–H and O–H groups in total. The number of likely N-dealkylation sites (tertiary alicyclic amines) is 1. The topological polar surface area (TPSA) is 52.7 Å². The molecule has 2 unspecified atom stereocenters. The zero-order valence-corrected chi connectivity index (χ0v) is 16.9. The fraction of sp³-hybridized carbons (Fsp3) is 0.619. The van der Waals surface area contributed by atoms with Crippen LogP contribution in [-0.2, 0) is 9.59 Å². The highest BCUT2D eigenvalue weighted by atomic mass is 19.1. The maximum atomic E-state index is 13.0. The summed E-state index contributed by atoms with van der Waals surface area (Å²) in [5.74, 6) is -0.0237. The highest BCUT2D eigenvalue weighted by molar-refractivity contribution is 5.82. The summed E-state index contributed by atoms with van der Waals surface area (Å²) < 4.78 is 13.0. The number of piperidine rings is 1. The molecule has 0 saturated carbocycles. The van der Waals surface area contributed by atoms with E-state index < -0.39 is 0 Å². The Balaban J connectivity index is 1.85. The van der Waals surface area contributed by atoms with Crippen molar-refractivity contribution < 1.29 is 14.0 Å². The van der Waals surface area contributed by atoms with Crippen molar-refractivity contribution in [1.29, 1.82) is 0 Å². The first-order valence-corrected chi connectivity index (χ1v) is 9.96. The molecule has 1 aliphatic rings. The second-order valence-electron chi connectivity index (χ2n) is 7.28. The fourth-order valence-electron chi connectivity index (χ4n) is 3.66. The number of amides is 2. The Kier molecular flexibility index (Phi) is 7.78. The minimum atomic E-state index is -0.284. The Labute approximate surface area is 161 Å². The lowest BCUT2D eigenvalue weighted by atomic mass is 9.94. The van der Waals surface area contributed by atoms with E-state index in [4.69, 9.17) is 0 Å². The molecular weight excluding hydrogens is 345 g/mol. The smallest absolute Gasteiger partial charge is 0.237 e. The predicted octanol–water partition coefficient (Wildman–Crippen LogP) is 2.97. The maximum absolute atomic E-state index is 13.0. The minimum Gasteiger partial charge on any atom is -0.348 e. The quantitative estimate of drug-likeness (QED) is 0.795. The SMILES string of the molecule is CCN(CC)C(=O)C1CCN(C(C)C(=O)NC(C)c2ccc(F)cc2)CC1. The van der Waals surface area contributed by atoms with Gasteiger partial charge in [0.25, 0.3) is 0 Å². The lowest BCUT2D eigenvalue weighted by molar-refractivity contribution is -0.137. The van der Waals surface area contributed by atoms with Crippen LogP contribution < -0.4 is 5.32 Å². The van der Waals surface area contributed by atoms with Crippen molar-refractivity contribution in [2.45, 2.75) is 52.6 Å². The Bertz CT molecular complexity index is 623. The average molecular weight is 378 g/mol. The Hall–Kier alpha value is -1.95. The predicted molar refractivity (Wildman–Crippen MR) is 105 cm³/mol. The van der Waals surface area contributed by atoms with Gasteiger partial charge in [-0.1, -0.05) is 12.1 Å². The van der Waals surface area contributed by atoms with Gasteiger partial charge in [0.1, 0.15) is 5.82 Å². The summed E-state index contributed by atoms with van der Waals surface area (Å²) >= 11 is 0. The van der Waals surface area contributed by atoms with Crippen LogP contribution in [0.4, 0.5) is 4.39 Å². The van der Waals surface area contributed by atoms with Crippen molar-refractivity contribution in [2.75, 3.05) is 26.2 Å². The Morgan fingerprint density at radius 3 is 2.22 bits per heavy atom. The summed E-state index contributed by atoms with van der Waals surface area (Å²) in [7, 11) is 0. The molecule has 1 saturated heterocycles. The molecule has 27 heavy (non-hydrogen) atoms. The van der Waals surface area contributed by atoms with Crippen LogP contribution in [0.5, 0.6) is 0 Å². The second kappa shape index (κ2) is 9.83. The number of halogens is 1. The molecule has 0 bridgehead atoms. The van der Waals surface area contributed by atoms with E-state index in [1.165, 1.54) is 12.1 Å². The Morgan fingerprint density at radius 1 is 1.15 bits per heavy atom. The molecule has 5 nitrogen and oxygen atoms in total. The van der Waals surface area contributed by atoms with Crippen LogP contribution in [0.15, 0.2) is 24.3 Å². The number of hydrogen-bond donors (Lipinski definition) is 1. The van der Waals surface area contributed by atoms with E-state index in [0.717, 1.165) is 44.6 Å². The van der Waals surface area contributed by atoms with Crippen molar-refractivity contribution >= 4 is 11.8 Å². The van der Waals surface area contributed by atoms with E-state index in [1.807, 2.05) is 32.6 Å².